The molecular weight excluding hydrogens is 483 g/mol. The topological polar surface area (TPSA) is 94.7 Å². The highest BCUT2D eigenvalue weighted by Gasteiger charge is 2.18. The number of fused-ring (bicyclic) bond motifs is 1. The molecule has 0 atom stereocenters. The molecule has 34 heavy (non-hydrogen) atoms. The van der Waals surface area contributed by atoms with Crippen LogP contribution in [0, 0.1) is 12.7 Å². The number of amides is 1. The highest BCUT2D eigenvalue weighted by molar-refractivity contribution is 7.19. The number of hydrogen-bond donors (Lipinski definition) is 1. The normalized spacial score (nSPS) is 11.1. The van der Waals surface area contributed by atoms with Gasteiger partial charge in [0, 0.05) is 30.6 Å². The predicted octanol–water partition coefficient (Wildman–Crippen LogP) is 3.40. The molecule has 0 bridgehead atoms. The first-order chi connectivity index (χ1) is 16.3. The molecule has 11 heteroatoms. The minimum atomic E-state index is -0.637. The molecule has 0 saturated carbocycles. The van der Waals surface area contributed by atoms with Crippen LogP contribution in [0.25, 0.3) is 4.83 Å². The molecule has 0 fully saturated rings. The third kappa shape index (κ3) is 4.73. The van der Waals surface area contributed by atoms with Crippen LogP contribution in [0.2, 0.25) is 5.02 Å². The van der Waals surface area contributed by atoms with E-state index in [9.17, 15) is 18.8 Å². The average Bonchev–Trinajstić information content (AvgIpc) is 3.28. The Balaban J connectivity index is 1.59. The molecule has 3 aromatic heterocycles. The number of aryl methyl sites for hydroxylation is 1. The van der Waals surface area contributed by atoms with E-state index in [4.69, 9.17) is 16.3 Å². The summed E-state index contributed by atoms with van der Waals surface area (Å²) in [6.45, 7) is 4.06. The lowest BCUT2D eigenvalue weighted by atomic mass is 10.2. The minimum Gasteiger partial charge on any atom is -0.478 e. The van der Waals surface area contributed by atoms with Gasteiger partial charge >= 0.3 is 5.69 Å². The van der Waals surface area contributed by atoms with Gasteiger partial charge < -0.3 is 10.1 Å². The van der Waals surface area contributed by atoms with E-state index >= 15 is 0 Å². The zero-order valence-electron chi connectivity index (χ0n) is 18.3. The molecule has 0 saturated heterocycles. The van der Waals surface area contributed by atoms with Gasteiger partial charge in [0.25, 0.3) is 11.5 Å². The lowest BCUT2D eigenvalue weighted by molar-refractivity contribution is 0.0954. The molecule has 0 spiro atoms. The van der Waals surface area contributed by atoms with Gasteiger partial charge in [-0.05, 0) is 37.1 Å². The molecule has 176 valence electrons. The molecule has 4 rings (SSSR count). The summed E-state index contributed by atoms with van der Waals surface area (Å²) in [6.07, 6.45) is 3.01. The summed E-state index contributed by atoms with van der Waals surface area (Å²) in [5, 5.41) is 2.74. The van der Waals surface area contributed by atoms with Crippen LogP contribution < -0.4 is 21.3 Å². The van der Waals surface area contributed by atoms with Gasteiger partial charge in [-0.3, -0.25) is 18.6 Å². The second-order valence-corrected chi connectivity index (χ2v) is 8.88. The number of halogens is 2. The maximum absolute atomic E-state index is 13.8. The summed E-state index contributed by atoms with van der Waals surface area (Å²) in [4.78, 5) is 43.4. The molecule has 4 aromatic rings. The molecule has 0 aliphatic carbocycles. The molecule has 1 N–H and O–H groups in total. The predicted molar refractivity (Wildman–Crippen MR) is 128 cm³/mol. The first-order valence-electron chi connectivity index (χ1n) is 10.3. The van der Waals surface area contributed by atoms with Crippen molar-refractivity contribution >= 4 is 33.7 Å². The Bertz CT molecular complexity index is 1490. The van der Waals surface area contributed by atoms with Gasteiger partial charge in [-0.15, -0.1) is 11.3 Å². The highest BCUT2D eigenvalue weighted by Crippen LogP contribution is 2.19. The minimum absolute atomic E-state index is 0.0473. The van der Waals surface area contributed by atoms with Gasteiger partial charge in [0.2, 0.25) is 5.88 Å². The van der Waals surface area contributed by atoms with Gasteiger partial charge in [-0.2, -0.15) is 0 Å². The van der Waals surface area contributed by atoms with Crippen molar-refractivity contribution < 1.29 is 13.9 Å². The number of benzene rings is 1. The van der Waals surface area contributed by atoms with Crippen LogP contribution in [0.5, 0.6) is 5.88 Å². The Labute approximate surface area is 202 Å². The Kier molecular flexibility index (Phi) is 6.80. The van der Waals surface area contributed by atoms with Crippen molar-refractivity contribution in [1.82, 2.24) is 19.3 Å². The zero-order valence-corrected chi connectivity index (χ0v) is 19.9. The summed E-state index contributed by atoms with van der Waals surface area (Å²) >= 11 is 6.76. The number of carbonyl (C=O) groups excluding carboxylic acids is 1. The molecule has 1 amide bonds. The zero-order chi connectivity index (χ0) is 24.4. The maximum atomic E-state index is 13.8. The van der Waals surface area contributed by atoms with E-state index in [1.54, 1.807) is 31.3 Å². The fourth-order valence-electron chi connectivity index (χ4n) is 3.35. The molecule has 8 nitrogen and oxygen atoms in total. The molecular formula is C23H20ClFN4O4S. The molecule has 0 aliphatic rings. The van der Waals surface area contributed by atoms with E-state index in [0.717, 1.165) is 21.5 Å². The molecule has 0 radical (unpaired) electrons. The second-order valence-electron chi connectivity index (χ2n) is 7.44. The van der Waals surface area contributed by atoms with Crippen molar-refractivity contribution in [2.45, 2.75) is 26.9 Å². The van der Waals surface area contributed by atoms with Gasteiger partial charge in [0.1, 0.15) is 15.5 Å². The average molecular weight is 503 g/mol. The largest absolute Gasteiger partial charge is 0.478 e. The third-order valence-corrected chi connectivity index (χ3v) is 6.60. The smallest absolute Gasteiger partial charge is 0.336 e. The van der Waals surface area contributed by atoms with E-state index in [0.29, 0.717) is 28.4 Å². The van der Waals surface area contributed by atoms with Gasteiger partial charge in [0.05, 0.1) is 18.2 Å². The number of aromatic nitrogens is 3. The van der Waals surface area contributed by atoms with Crippen molar-refractivity contribution in [2.75, 3.05) is 6.61 Å². The van der Waals surface area contributed by atoms with Crippen molar-refractivity contribution in [3.05, 3.63) is 96.0 Å². The number of pyridine rings is 1. The number of hydrogen-bond acceptors (Lipinski definition) is 6. The second kappa shape index (κ2) is 9.78. The SMILES string of the molecule is CCOc1ccc(CNC(=O)c2cn3c(=O)n(Cc4ccc(Cl)c(F)c4)c(=O)c(C)c3s2)cn1. The number of nitrogens with zero attached hydrogens (tertiary/aromatic N) is 3. The fourth-order valence-corrected chi connectivity index (χ4v) is 4.47. The van der Waals surface area contributed by atoms with Gasteiger partial charge in [-0.1, -0.05) is 23.7 Å². The Morgan fingerprint density at radius 2 is 2.00 bits per heavy atom. The number of rotatable bonds is 7. The Morgan fingerprint density at radius 1 is 1.24 bits per heavy atom. The maximum Gasteiger partial charge on any atom is 0.336 e. The first-order valence-corrected chi connectivity index (χ1v) is 11.5. The Morgan fingerprint density at radius 3 is 2.68 bits per heavy atom. The van der Waals surface area contributed by atoms with Crippen LogP contribution >= 0.6 is 22.9 Å². The van der Waals surface area contributed by atoms with Gasteiger partial charge in [0.15, 0.2) is 0 Å². The number of nitrogens with one attached hydrogen (secondary N) is 1. The van der Waals surface area contributed by atoms with Crippen molar-refractivity contribution in [3.8, 4) is 5.88 Å². The van der Waals surface area contributed by atoms with Crippen LogP contribution in [0.3, 0.4) is 0 Å². The summed E-state index contributed by atoms with van der Waals surface area (Å²) in [5.74, 6) is -0.525. The van der Waals surface area contributed by atoms with Crippen molar-refractivity contribution in [3.63, 3.8) is 0 Å². The standard InChI is InChI=1S/C23H20ClFN4O4S/c1-3-33-19-7-5-15(9-26-19)10-27-20(30)18-12-29-22(34-18)13(2)21(31)28(23(29)32)11-14-4-6-16(24)17(25)8-14/h4-9,12H,3,10-11H2,1-2H3,(H,27,30). The quantitative estimate of drug-likeness (QED) is 0.418. The number of thiazole rings is 1. The van der Waals surface area contributed by atoms with Crippen LogP contribution in [0.4, 0.5) is 4.39 Å². The molecule has 1 aromatic carbocycles. The van der Waals surface area contributed by atoms with Crippen molar-refractivity contribution in [2.24, 2.45) is 0 Å². The number of ether oxygens (including phenoxy) is 1. The van der Waals surface area contributed by atoms with Crippen LogP contribution in [0.1, 0.15) is 33.3 Å². The Hall–Kier alpha value is -3.50. The van der Waals surface area contributed by atoms with E-state index in [-0.39, 0.29) is 28.9 Å². The van der Waals surface area contributed by atoms with Crippen LogP contribution in [-0.4, -0.2) is 26.5 Å². The van der Waals surface area contributed by atoms with E-state index in [2.05, 4.69) is 10.3 Å². The van der Waals surface area contributed by atoms with E-state index < -0.39 is 17.1 Å². The molecule has 3 heterocycles. The van der Waals surface area contributed by atoms with Crippen LogP contribution in [-0.2, 0) is 13.1 Å². The van der Waals surface area contributed by atoms with Crippen molar-refractivity contribution in [1.29, 1.82) is 0 Å². The van der Waals surface area contributed by atoms with Gasteiger partial charge in [-0.25, -0.2) is 14.2 Å². The molecule has 0 aliphatic heterocycles. The lowest BCUT2D eigenvalue weighted by Crippen LogP contribution is -2.38. The fraction of sp³-hybridized carbons (Fsp3) is 0.217. The summed E-state index contributed by atoms with van der Waals surface area (Å²) in [5.41, 5.74) is 0.383. The summed E-state index contributed by atoms with van der Waals surface area (Å²) in [6, 6.07) is 7.61. The first kappa shape index (κ1) is 23.7. The highest BCUT2D eigenvalue weighted by atomic mass is 35.5. The monoisotopic (exact) mass is 502 g/mol. The van der Waals surface area contributed by atoms with Crippen LogP contribution in [0.15, 0.2) is 52.3 Å². The van der Waals surface area contributed by atoms with E-state index in [1.807, 2.05) is 6.92 Å². The molecule has 0 unspecified atom stereocenters. The number of carbonyl (C=O) groups is 1. The summed E-state index contributed by atoms with van der Waals surface area (Å²) in [7, 11) is 0. The van der Waals surface area contributed by atoms with E-state index in [1.165, 1.54) is 22.7 Å². The summed E-state index contributed by atoms with van der Waals surface area (Å²) < 4.78 is 21.4. The third-order valence-electron chi connectivity index (χ3n) is 5.09. The lowest BCUT2D eigenvalue weighted by Gasteiger charge is -2.08.